The number of sulfonamides is 1. The maximum absolute atomic E-state index is 12.5. The van der Waals surface area contributed by atoms with Crippen LogP contribution in [0.15, 0.2) is 48.5 Å². The first kappa shape index (κ1) is 21.8. The van der Waals surface area contributed by atoms with E-state index in [9.17, 15) is 13.2 Å². The fourth-order valence-electron chi connectivity index (χ4n) is 2.84. The second-order valence-corrected chi connectivity index (χ2v) is 8.74. The van der Waals surface area contributed by atoms with Gasteiger partial charge in [-0.15, -0.1) is 0 Å². The molecule has 0 bridgehead atoms. The van der Waals surface area contributed by atoms with Crippen LogP contribution in [-0.4, -0.2) is 33.7 Å². The lowest BCUT2D eigenvalue weighted by Crippen LogP contribution is -2.40. The van der Waals surface area contributed by atoms with Gasteiger partial charge >= 0.3 is 0 Å². The molecule has 0 aromatic heterocycles. The quantitative estimate of drug-likeness (QED) is 0.696. The first-order valence-corrected chi connectivity index (χ1v) is 11.1. The first-order chi connectivity index (χ1) is 13.2. The SMILES string of the molecule is CCOc1ccc(CNC(=O)CN(c2ccccc2C(C)C)S(C)(=O)=O)cc1. The zero-order chi connectivity index (χ0) is 20.7. The summed E-state index contributed by atoms with van der Waals surface area (Å²) in [5.74, 6) is 0.538. The molecular formula is C21H28N2O4S. The van der Waals surface area contributed by atoms with Crippen LogP contribution >= 0.6 is 0 Å². The molecule has 7 heteroatoms. The Hall–Kier alpha value is -2.54. The molecule has 2 aromatic rings. The number of para-hydroxylation sites is 1. The number of carbonyl (C=O) groups excluding carboxylic acids is 1. The number of anilines is 1. The van der Waals surface area contributed by atoms with Crippen molar-refractivity contribution in [1.29, 1.82) is 0 Å². The van der Waals surface area contributed by atoms with Crippen LogP contribution in [0, 0.1) is 0 Å². The van der Waals surface area contributed by atoms with Gasteiger partial charge in [-0.1, -0.05) is 44.2 Å². The van der Waals surface area contributed by atoms with E-state index < -0.39 is 10.0 Å². The monoisotopic (exact) mass is 404 g/mol. The number of nitrogens with one attached hydrogen (secondary N) is 1. The van der Waals surface area contributed by atoms with Crippen LogP contribution < -0.4 is 14.4 Å². The van der Waals surface area contributed by atoms with Gasteiger partial charge in [0.25, 0.3) is 0 Å². The lowest BCUT2D eigenvalue weighted by atomic mass is 10.0. The third-order valence-electron chi connectivity index (χ3n) is 4.24. The molecular weight excluding hydrogens is 376 g/mol. The van der Waals surface area contributed by atoms with Gasteiger partial charge in [-0.05, 0) is 42.2 Å². The lowest BCUT2D eigenvalue weighted by molar-refractivity contribution is -0.119. The van der Waals surface area contributed by atoms with Gasteiger partial charge in [0, 0.05) is 6.54 Å². The molecule has 0 unspecified atom stereocenters. The number of rotatable bonds is 9. The van der Waals surface area contributed by atoms with E-state index in [1.165, 1.54) is 0 Å². The Balaban J connectivity index is 2.10. The highest BCUT2D eigenvalue weighted by Crippen LogP contribution is 2.28. The van der Waals surface area contributed by atoms with Crippen LogP contribution in [0.3, 0.4) is 0 Å². The minimum atomic E-state index is -3.61. The molecule has 2 rings (SSSR count). The molecule has 28 heavy (non-hydrogen) atoms. The summed E-state index contributed by atoms with van der Waals surface area (Å²) in [5.41, 5.74) is 2.33. The molecule has 152 valence electrons. The summed E-state index contributed by atoms with van der Waals surface area (Å²) < 4.78 is 31.3. The van der Waals surface area contributed by atoms with Gasteiger partial charge in [0.1, 0.15) is 12.3 Å². The molecule has 6 nitrogen and oxygen atoms in total. The number of carbonyl (C=O) groups is 1. The maximum atomic E-state index is 12.5. The van der Waals surface area contributed by atoms with Crippen molar-refractivity contribution in [1.82, 2.24) is 5.32 Å². The third kappa shape index (κ3) is 5.99. The molecule has 0 spiro atoms. The lowest BCUT2D eigenvalue weighted by Gasteiger charge is -2.25. The summed E-state index contributed by atoms with van der Waals surface area (Å²) in [6, 6.07) is 14.7. The van der Waals surface area contributed by atoms with Gasteiger partial charge in [-0.3, -0.25) is 9.10 Å². The molecule has 0 aliphatic carbocycles. The molecule has 1 N–H and O–H groups in total. The molecule has 0 aliphatic rings. The fourth-order valence-corrected chi connectivity index (χ4v) is 3.72. The Morgan fingerprint density at radius 3 is 2.32 bits per heavy atom. The van der Waals surface area contributed by atoms with Crippen molar-refractivity contribution in [3.63, 3.8) is 0 Å². The van der Waals surface area contributed by atoms with Crippen molar-refractivity contribution >= 4 is 21.6 Å². The average Bonchev–Trinajstić information content (AvgIpc) is 2.65. The summed E-state index contributed by atoms with van der Waals surface area (Å²) in [5, 5.41) is 2.79. The van der Waals surface area contributed by atoms with Crippen molar-refractivity contribution in [3.8, 4) is 5.75 Å². The Kier molecular flexibility index (Phi) is 7.45. The van der Waals surface area contributed by atoms with E-state index in [-0.39, 0.29) is 18.4 Å². The number of hydrogen-bond acceptors (Lipinski definition) is 4. The second kappa shape index (κ2) is 9.59. The zero-order valence-corrected chi connectivity index (χ0v) is 17.6. The smallest absolute Gasteiger partial charge is 0.241 e. The molecule has 0 atom stereocenters. The minimum absolute atomic E-state index is 0.132. The number of benzene rings is 2. The van der Waals surface area contributed by atoms with Crippen molar-refractivity contribution in [2.24, 2.45) is 0 Å². The van der Waals surface area contributed by atoms with E-state index in [1.807, 2.05) is 57.2 Å². The Labute approximate surface area is 167 Å². The van der Waals surface area contributed by atoms with Crippen LogP contribution in [0.5, 0.6) is 5.75 Å². The van der Waals surface area contributed by atoms with Gasteiger partial charge in [0.05, 0.1) is 18.6 Å². The molecule has 0 saturated heterocycles. The third-order valence-corrected chi connectivity index (χ3v) is 5.37. The zero-order valence-electron chi connectivity index (χ0n) is 16.8. The standard InChI is InChI=1S/C21H28N2O4S/c1-5-27-18-12-10-17(11-13-18)14-22-21(24)15-23(28(4,25)26)20-9-7-6-8-19(20)16(2)3/h6-13,16H,5,14-15H2,1-4H3,(H,22,24). The van der Waals surface area contributed by atoms with Gasteiger partial charge in [0.15, 0.2) is 0 Å². The fraction of sp³-hybridized carbons (Fsp3) is 0.381. The van der Waals surface area contributed by atoms with Crippen LogP contribution in [0.4, 0.5) is 5.69 Å². The molecule has 0 heterocycles. The predicted molar refractivity (Wildman–Crippen MR) is 112 cm³/mol. The summed E-state index contributed by atoms with van der Waals surface area (Å²) in [6.07, 6.45) is 1.11. The summed E-state index contributed by atoms with van der Waals surface area (Å²) in [7, 11) is -3.61. The molecule has 2 aromatic carbocycles. The van der Waals surface area contributed by atoms with E-state index in [1.54, 1.807) is 12.1 Å². The summed E-state index contributed by atoms with van der Waals surface area (Å²) in [6.45, 7) is 6.54. The molecule has 1 amide bonds. The Bertz CT molecular complexity index is 893. The van der Waals surface area contributed by atoms with Crippen molar-refractivity contribution in [2.75, 3.05) is 23.7 Å². The van der Waals surface area contributed by atoms with Crippen molar-refractivity contribution in [2.45, 2.75) is 33.2 Å². The molecule has 0 aliphatic heterocycles. The highest BCUT2D eigenvalue weighted by molar-refractivity contribution is 7.92. The highest BCUT2D eigenvalue weighted by Gasteiger charge is 2.23. The first-order valence-electron chi connectivity index (χ1n) is 9.27. The molecule has 0 saturated carbocycles. The maximum Gasteiger partial charge on any atom is 0.241 e. The van der Waals surface area contributed by atoms with E-state index in [0.717, 1.165) is 27.4 Å². The van der Waals surface area contributed by atoms with Gasteiger partial charge in [-0.25, -0.2) is 8.42 Å². The number of nitrogens with zero attached hydrogens (tertiary/aromatic N) is 1. The Morgan fingerprint density at radius 2 is 1.75 bits per heavy atom. The minimum Gasteiger partial charge on any atom is -0.494 e. The second-order valence-electron chi connectivity index (χ2n) is 6.84. The van der Waals surface area contributed by atoms with Crippen molar-refractivity contribution in [3.05, 3.63) is 59.7 Å². The number of ether oxygens (including phenoxy) is 1. The van der Waals surface area contributed by atoms with Crippen LogP contribution in [0.2, 0.25) is 0 Å². The van der Waals surface area contributed by atoms with Crippen LogP contribution in [0.25, 0.3) is 0 Å². The van der Waals surface area contributed by atoms with E-state index >= 15 is 0 Å². The largest absolute Gasteiger partial charge is 0.494 e. The topological polar surface area (TPSA) is 75.7 Å². The van der Waals surface area contributed by atoms with E-state index in [2.05, 4.69) is 5.32 Å². The van der Waals surface area contributed by atoms with Crippen LogP contribution in [-0.2, 0) is 21.4 Å². The highest BCUT2D eigenvalue weighted by atomic mass is 32.2. The van der Waals surface area contributed by atoms with E-state index in [4.69, 9.17) is 4.74 Å². The predicted octanol–water partition coefficient (Wildman–Crippen LogP) is 3.29. The summed E-state index contributed by atoms with van der Waals surface area (Å²) >= 11 is 0. The van der Waals surface area contributed by atoms with Gasteiger partial charge < -0.3 is 10.1 Å². The van der Waals surface area contributed by atoms with Gasteiger partial charge in [-0.2, -0.15) is 0 Å². The van der Waals surface area contributed by atoms with Crippen molar-refractivity contribution < 1.29 is 17.9 Å². The van der Waals surface area contributed by atoms with Gasteiger partial charge in [0.2, 0.25) is 15.9 Å². The molecule has 0 fully saturated rings. The van der Waals surface area contributed by atoms with Crippen LogP contribution in [0.1, 0.15) is 37.8 Å². The Morgan fingerprint density at radius 1 is 1.11 bits per heavy atom. The normalized spacial score (nSPS) is 11.3. The molecule has 0 radical (unpaired) electrons. The van der Waals surface area contributed by atoms with E-state index in [0.29, 0.717) is 18.8 Å². The number of hydrogen-bond donors (Lipinski definition) is 1. The number of amides is 1. The average molecular weight is 405 g/mol. The summed E-state index contributed by atoms with van der Waals surface area (Å²) in [4.78, 5) is 12.5.